The fraction of sp³-hybridized carbons (Fsp3) is 0.409. The van der Waals surface area contributed by atoms with E-state index < -0.39 is 56.6 Å². The first-order valence-electron chi connectivity index (χ1n) is 11.5. The Bertz CT molecular complexity index is 1390. The predicted octanol–water partition coefficient (Wildman–Crippen LogP) is 1.95. The van der Waals surface area contributed by atoms with Gasteiger partial charge in [0.25, 0.3) is 0 Å². The summed E-state index contributed by atoms with van der Waals surface area (Å²) < 4.78 is 48.6. The molecule has 3 N–H and O–H groups in total. The number of para-hydroxylation sites is 1. The third kappa shape index (κ3) is 4.88. The van der Waals surface area contributed by atoms with Crippen LogP contribution in [0, 0.1) is 0 Å². The first-order valence-corrected chi connectivity index (χ1v) is 13.1. The highest BCUT2D eigenvalue weighted by molar-refractivity contribution is 7.52. The number of benzene rings is 1. The van der Waals surface area contributed by atoms with Crippen molar-refractivity contribution in [2.45, 2.75) is 50.5 Å². The minimum Gasteiger partial charge on any atom is -0.468 e. The summed E-state index contributed by atoms with van der Waals surface area (Å²) in [6.45, 7) is 3.01. The minimum absolute atomic E-state index is 0.168. The van der Waals surface area contributed by atoms with Crippen LogP contribution in [0.4, 0.5) is 10.6 Å². The first-order chi connectivity index (χ1) is 18.2. The van der Waals surface area contributed by atoms with Gasteiger partial charge >= 0.3 is 19.9 Å². The molecule has 0 amide bonds. The highest BCUT2D eigenvalue weighted by Crippen LogP contribution is 2.49. The zero-order valence-corrected chi connectivity index (χ0v) is 21.4. The summed E-state index contributed by atoms with van der Waals surface area (Å²) in [5.41, 5.74) is 6.59. The Morgan fingerprint density at radius 2 is 1.89 bits per heavy atom. The Balaban J connectivity index is 1.42. The monoisotopic (exact) mass is 548 g/mol. The quantitative estimate of drug-likeness (QED) is 0.291. The number of nitrogen functional groups attached to an aromatic ring is 1. The molecule has 202 valence electrons. The summed E-state index contributed by atoms with van der Waals surface area (Å²) in [7, 11) is -3.02. The fourth-order valence-electron chi connectivity index (χ4n) is 4.28. The number of fused-ring (bicyclic) bond motifs is 2. The van der Waals surface area contributed by atoms with Crippen LogP contribution in [0.2, 0.25) is 0 Å². The molecule has 0 radical (unpaired) electrons. The Morgan fingerprint density at radius 3 is 2.63 bits per heavy atom. The normalized spacial score (nSPS) is 25.6. The number of carbonyl (C=O) groups is 2. The van der Waals surface area contributed by atoms with Crippen LogP contribution in [0.3, 0.4) is 0 Å². The summed E-state index contributed by atoms with van der Waals surface area (Å²) in [5, 5.41) is 2.58. The van der Waals surface area contributed by atoms with E-state index in [2.05, 4.69) is 20.0 Å². The molecule has 1 aromatic carbocycles. The van der Waals surface area contributed by atoms with Crippen LogP contribution in [0.5, 0.6) is 5.75 Å². The number of rotatable bonds is 9. The fourth-order valence-corrected chi connectivity index (χ4v) is 5.97. The second kappa shape index (κ2) is 10.2. The van der Waals surface area contributed by atoms with E-state index in [4.69, 9.17) is 33.7 Å². The molecule has 2 fully saturated rings. The topological polar surface area (TPSA) is 188 Å². The number of hydrogen-bond donors (Lipinski definition) is 2. The van der Waals surface area contributed by atoms with Crippen molar-refractivity contribution in [3.8, 4) is 5.75 Å². The summed E-state index contributed by atoms with van der Waals surface area (Å²) in [4.78, 5) is 36.5. The molecule has 16 heteroatoms. The van der Waals surface area contributed by atoms with Gasteiger partial charge in [-0.05, 0) is 26.0 Å². The van der Waals surface area contributed by atoms with Crippen molar-refractivity contribution >= 4 is 36.9 Å². The lowest BCUT2D eigenvalue weighted by Gasteiger charge is -2.28. The Hall–Kier alpha value is -3.78. The van der Waals surface area contributed by atoms with Crippen LogP contribution in [0.15, 0.2) is 43.0 Å². The lowest BCUT2D eigenvalue weighted by molar-refractivity contribution is -0.142. The second-order valence-corrected chi connectivity index (χ2v) is 10.2. The molecule has 3 aromatic rings. The van der Waals surface area contributed by atoms with Crippen molar-refractivity contribution in [1.82, 2.24) is 24.6 Å². The van der Waals surface area contributed by atoms with Crippen molar-refractivity contribution in [3.63, 3.8) is 0 Å². The van der Waals surface area contributed by atoms with E-state index in [0.717, 1.165) is 0 Å². The van der Waals surface area contributed by atoms with Crippen LogP contribution < -0.4 is 15.3 Å². The molecule has 2 aliphatic rings. The number of esters is 1. The summed E-state index contributed by atoms with van der Waals surface area (Å²) in [6, 6.07) is 7.24. The third-order valence-electron chi connectivity index (χ3n) is 5.99. The summed E-state index contributed by atoms with van der Waals surface area (Å²) in [6.07, 6.45) is -2.90. The molecular weight excluding hydrogens is 523 g/mol. The van der Waals surface area contributed by atoms with Gasteiger partial charge in [0.05, 0.1) is 19.5 Å². The van der Waals surface area contributed by atoms with Crippen molar-refractivity contribution in [2.24, 2.45) is 0 Å². The molecular formula is C22H25N6O9P. The molecule has 0 spiro atoms. The Kier molecular flexibility index (Phi) is 6.92. The molecule has 38 heavy (non-hydrogen) atoms. The maximum absolute atomic E-state index is 13.9. The molecule has 15 nitrogen and oxygen atoms in total. The maximum atomic E-state index is 13.9. The Labute approximate surface area is 216 Å². The summed E-state index contributed by atoms with van der Waals surface area (Å²) >= 11 is 0. The van der Waals surface area contributed by atoms with E-state index in [1.54, 1.807) is 37.3 Å². The van der Waals surface area contributed by atoms with E-state index >= 15 is 0 Å². The van der Waals surface area contributed by atoms with Crippen molar-refractivity contribution in [2.75, 3.05) is 12.8 Å². The highest BCUT2D eigenvalue weighted by atomic mass is 31.2. The largest absolute Gasteiger partial charge is 0.509 e. The van der Waals surface area contributed by atoms with Gasteiger partial charge in [0.2, 0.25) is 0 Å². The van der Waals surface area contributed by atoms with Gasteiger partial charge in [-0.1, -0.05) is 18.2 Å². The van der Waals surface area contributed by atoms with Gasteiger partial charge in [-0.3, -0.25) is 13.9 Å². The van der Waals surface area contributed by atoms with Crippen LogP contribution in [-0.2, 0) is 32.8 Å². The zero-order chi connectivity index (χ0) is 27.0. The molecule has 0 saturated carbocycles. The number of nitrogens with two attached hydrogens (primary N) is 1. The number of imidazole rings is 1. The average molecular weight is 548 g/mol. The predicted molar refractivity (Wildman–Crippen MR) is 129 cm³/mol. The van der Waals surface area contributed by atoms with Gasteiger partial charge < -0.3 is 29.2 Å². The zero-order valence-electron chi connectivity index (χ0n) is 20.5. The van der Waals surface area contributed by atoms with E-state index in [1.807, 2.05) is 0 Å². The molecule has 7 atom stereocenters. The van der Waals surface area contributed by atoms with Gasteiger partial charge in [-0.15, -0.1) is 0 Å². The number of methoxy groups -OCH3 is 1. The van der Waals surface area contributed by atoms with E-state index in [0.29, 0.717) is 11.2 Å². The van der Waals surface area contributed by atoms with E-state index in [-0.39, 0.29) is 11.6 Å². The molecule has 2 aromatic heterocycles. The van der Waals surface area contributed by atoms with Crippen LogP contribution >= 0.6 is 7.75 Å². The number of hydrogen-bond acceptors (Lipinski definition) is 13. The van der Waals surface area contributed by atoms with Crippen LogP contribution in [0.25, 0.3) is 11.2 Å². The maximum Gasteiger partial charge on any atom is 0.509 e. The lowest BCUT2D eigenvalue weighted by atomic mass is 10.1. The second-order valence-electron chi connectivity index (χ2n) is 8.58. The van der Waals surface area contributed by atoms with Gasteiger partial charge in [0, 0.05) is 0 Å². The van der Waals surface area contributed by atoms with Crippen LogP contribution in [0.1, 0.15) is 20.1 Å². The molecule has 2 aliphatic heterocycles. The highest BCUT2D eigenvalue weighted by Gasteiger charge is 2.58. The number of ether oxygens (including phenoxy) is 4. The van der Waals surface area contributed by atoms with Gasteiger partial charge in [-0.25, -0.2) is 24.3 Å². The molecule has 3 unspecified atom stereocenters. The Morgan fingerprint density at radius 1 is 1.16 bits per heavy atom. The lowest BCUT2D eigenvalue weighted by Crippen LogP contribution is -2.40. The third-order valence-corrected chi connectivity index (χ3v) is 7.76. The number of aromatic nitrogens is 4. The van der Waals surface area contributed by atoms with Gasteiger partial charge in [-0.2, -0.15) is 5.09 Å². The van der Waals surface area contributed by atoms with Crippen molar-refractivity contribution in [3.05, 3.63) is 43.0 Å². The standard InChI is InChI=1S/C22H25N6O9P/c1-11(21(29)32-3)27-38(31,37-13-7-5-4-6-8-13)36-12(2)15-16-17(35-22(30)34-16)20(33-15)28-10-26-14-18(23)24-9-25-19(14)28/h4-12,15-17,20H,1-3H3,(H,27,31)(H2,23,24,25)/t11?,12?,15-,16-,17-,20-,38?/m1/s1. The van der Waals surface area contributed by atoms with Crippen molar-refractivity contribution < 1.29 is 42.1 Å². The number of nitrogens with one attached hydrogen (secondary N) is 1. The average Bonchev–Trinajstić information content (AvgIpc) is 3.57. The molecule has 0 aliphatic carbocycles. The minimum atomic E-state index is -4.22. The number of nitrogens with zero attached hydrogens (tertiary/aromatic N) is 4. The molecule has 2 saturated heterocycles. The van der Waals surface area contributed by atoms with Gasteiger partial charge in [0.1, 0.15) is 29.7 Å². The van der Waals surface area contributed by atoms with E-state index in [1.165, 1.54) is 31.3 Å². The molecule has 4 heterocycles. The SMILES string of the molecule is COC(=O)C(C)NP(=O)(Oc1ccccc1)OC(C)[C@H]1O[C@@H](n2cnc3c(N)ncnc32)[C@@H]2OC(=O)O[C@@H]21. The molecule has 5 rings (SSSR count). The van der Waals surface area contributed by atoms with Crippen LogP contribution in [-0.4, -0.2) is 69.2 Å². The molecule has 0 bridgehead atoms. The first kappa shape index (κ1) is 25.9. The number of anilines is 1. The smallest absolute Gasteiger partial charge is 0.468 e. The van der Waals surface area contributed by atoms with Crippen molar-refractivity contribution in [1.29, 1.82) is 0 Å². The number of carbonyl (C=O) groups excluding carboxylic acids is 2. The summed E-state index contributed by atoms with van der Waals surface area (Å²) in [5.74, 6) is -0.281. The van der Waals surface area contributed by atoms with Gasteiger partial charge in [0.15, 0.2) is 29.9 Å². The van der Waals surface area contributed by atoms with E-state index in [9.17, 15) is 14.2 Å².